The molecular weight excluding hydrogens is 252 g/mol. The number of anilines is 1. The number of phenolic OH excluding ortho intramolecular Hbond substituents is 1. The first-order valence-electron chi connectivity index (χ1n) is 6.84. The third-order valence-electron chi connectivity index (χ3n) is 3.64. The molecule has 0 spiro atoms. The molecule has 20 heavy (non-hydrogen) atoms. The minimum atomic E-state index is 0.247. The standard InChI is InChI=1S/C15H18N4O/c16-13-4-6-19(7-5-13)15-17-9-12(10-18-15)11-2-1-3-14(20)8-11/h1-3,8-10,13,20H,4-7,16H2. The summed E-state index contributed by atoms with van der Waals surface area (Å²) in [7, 11) is 0. The lowest BCUT2D eigenvalue weighted by Crippen LogP contribution is -2.40. The number of piperidine rings is 1. The topological polar surface area (TPSA) is 75.3 Å². The van der Waals surface area contributed by atoms with E-state index >= 15 is 0 Å². The largest absolute Gasteiger partial charge is 0.508 e. The van der Waals surface area contributed by atoms with Gasteiger partial charge in [0.05, 0.1) is 0 Å². The van der Waals surface area contributed by atoms with E-state index < -0.39 is 0 Å². The Bertz CT molecular complexity index is 577. The minimum absolute atomic E-state index is 0.247. The van der Waals surface area contributed by atoms with Gasteiger partial charge in [-0.05, 0) is 30.5 Å². The molecule has 3 N–H and O–H groups in total. The third kappa shape index (κ3) is 2.72. The number of hydrogen-bond donors (Lipinski definition) is 2. The highest BCUT2D eigenvalue weighted by molar-refractivity contribution is 5.63. The van der Waals surface area contributed by atoms with Crippen LogP contribution in [0.1, 0.15) is 12.8 Å². The van der Waals surface area contributed by atoms with Gasteiger partial charge in [0.15, 0.2) is 0 Å². The van der Waals surface area contributed by atoms with Crippen molar-refractivity contribution in [3.8, 4) is 16.9 Å². The number of benzene rings is 1. The van der Waals surface area contributed by atoms with E-state index in [2.05, 4.69) is 14.9 Å². The van der Waals surface area contributed by atoms with Crippen molar-refractivity contribution in [3.63, 3.8) is 0 Å². The van der Waals surface area contributed by atoms with Crippen LogP contribution in [0.25, 0.3) is 11.1 Å². The molecule has 104 valence electrons. The molecule has 1 aromatic heterocycles. The van der Waals surface area contributed by atoms with Crippen molar-refractivity contribution in [2.45, 2.75) is 18.9 Å². The van der Waals surface area contributed by atoms with Gasteiger partial charge in [0, 0.05) is 37.1 Å². The van der Waals surface area contributed by atoms with Crippen LogP contribution in [0.15, 0.2) is 36.7 Å². The summed E-state index contributed by atoms with van der Waals surface area (Å²) in [5.41, 5.74) is 7.71. The van der Waals surface area contributed by atoms with Crippen molar-refractivity contribution in [1.82, 2.24) is 9.97 Å². The van der Waals surface area contributed by atoms with Crippen molar-refractivity contribution in [2.75, 3.05) is 18.0 Å². The lowest BCUT2D eigenvalue weighted by Gasteiger charge is -2.30. The summed E-state index contributed by atoms with van der Waals surface area (Å²) in [5, 5.41) is 9.50. The quantitative estimate of drug-likeness (QED) is 0.870. The highest BCUT2D eigenvalue weighted by atomic mass is 16.3. The molecule has 0 amide bonds. The van der Waals surface area contributed by atoms with E-state index in [-0.39, 0.29) is 5.75 Å². The molecule has 1 aromatic carbocycles. The summed E-state index contributed by atoms with van der Waals surface area (Å²) in [6, 6.07) is 7.40. The second-order valence-corrected chi connectivity index (χ2v) is 5.15. The normalized spacial score (nSPS) is 16.4. The predicted octanol–water partition coefficient (Wildman–Crippen LogP) is 1.78. The van der Waals surface area contributed by atoms with Crippen molar-refractivity contribution < 1.29 is 5.11 Å². The molecule has 0 unspecified atom stereocenters. The van der Waals surface area contributed by atoms with Crippen LogP contribution in [0.4, 0.5) is 5.95 Å². The van der Waals surface area contributed by atoms with Crippen molar-refractivity contribution in [2.24, 2.45) is 5.73 Å². The summed E-state index contributed by atoms with van der Waals surface area (Å²) in [6.45, 7) is 1.82. The number of nitrogens with zero attached hydrogens (tertiary/aromatic N) is 3. The fraction of sp³-hybridized carbons (Fsp3) is 0.333. The Morgan fingerprint density at radius 3 is 2.45 bits per heavy atom. The van der Waals surface area contributed by atoms with Gasteiger partial charge in [-0.2, -0.15) is 0 Å². The summed E-state index contributed by atoms with van der Waals surface area (Å²) < 4.78 is 0. The van der Waals surface area contributed by atoms with Crippen LogP contribution in [-0.2, 0) is 0 Å². The fourth-order valence-electron chi connectivity index (χ4n) is 2.42. The maximum atomic E-state index is 9.50. The van der Waals surface area contributed by atoms with Crippen molar-refractivity contribution in [3.05, 3.63) is 36.7 Å². The van der Waals surface area contributed by atoms with Gasteiger partial charge < -0.3 is 15.7 Å². The minimum Gasteiger partial charge on any atom is -0.508 e. The van der Waals surface area contributed by atoms with Gasteiger partial charge in [-0.25, -0.2) is 9.97 Å². The van der Waals surface area contributed by atoms with Gasteiger partial charge in [0.2, 0.25) is 5.95 Å². The Balaban J connectivity index is 1.78. The van der Waals surface area contributed by atoms with E-state index in [0.717, 1.165) is 43.0 Å². The van der Waals surface area contributed by atoms with Crippen LogP contribution in [0.3, 0.4) is 0 Å². The maximum absolute atomic E-state index is 9.50. The average Bonchev–Trinajstić information content (AvgIpc) is 2.48. The molecule has 1 fully saturated rings. The van der Waals surface area contributed by atoms with Gasteiger partial charge in [0.1, 0.15) is 5.75 Å². The Hall–Kier alpha value is -2.14. The molecule has 0 atom stereocenters. The summed E-state index contributed by atoms with van der Waals surface area (Å²) in [5.74, 6) is 0.998. The first-order valence-corrected chi connectivity index (χ1v) is 6.84. The molecule has 1 aliphatic rings. The number of nitrogens with two attached hydrogens (primary N) is 1. The van der Waals surface area contributed by atoms with Crippen LogP contribution < -0.4 is 10.6 Å². The molecule has 1 aliphatic heterocycles. The Morgan fingerprint density at radius 1 is 1.10 bits per heavy atom. The average molecular weight is 270 g/mol. The Morgan fingerprint density at radius 2 is 1.80 bits per heavy atom. The molecule has 0 saturated carbocycles. The molecule has 1 saturated heterocycles. The first-order chi connectivity index (χ1) is 9.72. The zero-order chi connectivity index (χ0) is 13.9. The van der Waals surface area contributed by atoms with Crippen LogP contribution in [0, 0.1) is 0 Å². The third-order valence-corrected chi connectivity index (χ3v) is 3.64. The highest BCUT2D eigenvalue weighted by Gasteiger charge is 2.18. The summed E-state index contributed by atoms with van der Waals surface area (Å²) in [6.07, 6.45) is 5.56. The maximum Gasteiger partial charge on any atom is 0.225 e. The van der Waals surface area contributed by atoms with E-state index in [0.29, 0.717) is 6.04 Å². The summed E-state index contributed by atoms with van der Waals surface area (Å²) in [4.78, 5) is 11.0. The molecule has 0 radical (unpaired) electrons. The van der Waals surface area contributed by atoms with E-state index in [1.165, 1.54) is 0 Å². The van der Waals surface area contributed by atoms with Gasteiger partial charge in [-0.15, -0.1) is 0 Å². The zero-order valence-electron chi connectivity index (χ0n) is 11.2. The monoisotopic (exact) mass is 270 g/mol. The van der Waals surface area contributed by atoms with E-state index in [4.69, 9.17) is 5.73 Å². The lowest BCUT2D eigenvalue weighted by molar-refractivity contribution is 0.475. The van der Waals surface area contributed by atoms with Crippen LogP contribution in [0.5, 0.6) is 5.75 Å². The fourth-order valence-corrected chi connectivity index (χ4v) is 2.42. The Kier molecular flexibility index (Phi) is 3.52. The molecular formula is C15H18N4O. The lowest BCUT2D eigenvalue weighted by atomic mass is 10.1. The Labute approximate surface area is 118 Å². The van der Waals surface area contributed by atoms with Crippen molar-refractivity contribution in [1.29, 1.82) is 0 Å². The smallest absolute Gasteiger partial charge is 0.225 e. The molecule has 5 nitrogen and oxygen atoms in total. The summed E-state index contributed by atoms with van der Waals surface area (Å²) >= 11 is 0. The van der Waals surface area contributed by atoms with Crippen LogP contribution in [0.2, 0.25) is 0 Å². The number of aromatic hydroxyl groups is 1. The number of aromatic nitrogens is 2. The predicted molar refractivity (Wildman–Crippen MR) is 78.6 cm³/mol. The van der Waals surface area contributed by atoms with Crippen molar-refractivity contribution >= 4 is 5.95 Å². The molecule has 5 heteroatoms. The second kappa shape index (κ2) is 5.46. The number of phenols is 1. The van der Waals surface area contributed by atoms with E-state index in [1.807, 2.05) is 12.1 Å². The molecule has 0 aliphatic carbocycles. The first kappa shape index (κ1) is 12.9. The molecule has 3 rings (SSSR count). The van der Waals surface area contributed by atoms with Gasteiger partial charge in [0.25, 0.3) is 0 Å². The van der Waals surface area contributed by atoms with Gasteiger partial charge in [-0.3, -0.25) is 0 Å². The van der Waals surface area contributed by atoms with E-state index in [9.17, 15) is 5.11 Å². The van der Waals surface area contributed by atoms with Crippen LogP contribution >= 0.6 is 0 Å². The highest BCUT2D eigenvalue weighted by Crippen LogP contribution is 2.23. The molecule has 0 bridgehead atoms. The zero-order valence-corrected chi connectivity index (χ0v) is 11.2. The van der Waals surface area contributed by atoms with Gasteiger partial charge in [-0.1, -0.05) is 12.1 Å². The van der Waals surface area contributed by atoms with Crippen LogP contribution in [-0.4, -0.2) is 34.2 Å². The number of rotatable bonds is 2. The second-order valence-electron chi connectivity index (χ2n) is 5.15. The molecule has 2 aromatic rings. The van der Waals surface area contributed by atoms with Gasteiger partial charge >= 0.3 is 0 Å². The number of hydrogen-bond acceptors (Lipinski definition) is 5. The van der Waals surface area contributed by atoms with E-state index in [1.54, 1.807) is 24.5 Å². The molecule has 2 heterocycles. The SMILES string of the molecule is NC1CCN(c2ncc(-c3cccc(O)c3)cn2)CC1.